The van der Waals surface area contributed by atoms with Crippen LogP contribution in [-0.4, -0.2) is 35.4 Å². The number of aryl methyl sites for hydroxylation is 1. The summed E-state index contributed by atoms with van der Waals surface area (Å²) in [6.45, 7) is 1.22. The van der Waals surface area contributed by atoms with Crippen molar-refractivity contribution in [3.63, 3.8) is 0 Å². The Kier molecular flexibility index (Phi) is 3.15. The van der Waals surface area contributed by atoms with Crippen LogP contribution in [-0.2, 0) is 17.1 Å². The molecule has 2 fully saturated rings. The Morgan fingerprint density at radius 1 is 1.32 bits per heavy atom. The summed E-state index contributed by atoms with van der Waals surface area (Å²) >= 11 is 6.02. The molecule has 1 aliphatic heterocycles. The number of nitrogens with zero attached hydrogens (tertiary/aromatic N) is 3. The molecule has 1 aromatic rings. The molecule has 1 saturated carbocycles. The fraction of sp³-hybridized carbons (Fsp3) is 0.750. The lowest BCUT2D eigenvalue weighted by Crippen LogP contribution is -2.31. The molecule has 19 heavy (non-hydrogen) atoms. The summed E-state index contributed by atoms with van der Waals surface area (Å²) in [5.74, 6) is 0. The van der Waals surface area contributed by atoms with Crippen molar-refractivity contribution >= 4 is 21.6 Å². The predicted molar refractivity (Wildman–Crippen MR) is 72.5 cm³/mol. The quantitative estimate of drug-likeness (QED) is 0.840. The van der Waals surface area contributed by atoms with Gasteiger partial charge < -0.3 is 4.57 Å². The largest absolute Gasteiger partial charge is 0.324 e. The molecule has 1 aliphatic carbocycles. The Morgan fingerprint density at radius 3 is 2.58 bits per heavy atom. The van der Waals surface area contributed by atoms with Crippen LogP contribution < -0.4 is 0 Å². The smallest absolute Gasteiger partial charge is 0.263 e. The van der Waals surface area contributed by atoms with Gasteiger partial charge in [0.15, 0.2) is 0 Å². The van der Waals surface area contributed by atoms with E-state index < -0.39 is 10.0 Å². The van der Waals surface area contributed by atoms with Crippen LogP contribution in [0.2, 0.25) is 5.15 Å². The number of hydrogen-bond acceptors (Lipinski definition) is 3. The molecular formula is C12H18ClN3O2S. The first-order valence-electron chi connectivity index (χ1n) is 6.62. The van der Waals surface area contributed by atoms with E-state index >= 15 is 0 Å². The van der Waals surface area contributed by atoms with Gasteiger partial charge in [0.05, 0.1) is 6.33 Å². The van der Waals surface area contributed by atoms with Gasteiger partial charge in [-0.25, -0.2) is 13.4 Å². The van der Waals surface area contributed by atoms with Gasteiger partial charge in [-0.05, 0) is 24.7 Å². The maximum absolute atomic E-state index is 12.6. The Hall–Kier alpha value is -0.590. The molecule has 0 radical (unpaired) electrons. The van der Waals surface area contributed by atoms with Gasteiger partial charge in [0.2, 0.25) is 5.03 Å². The minimum atomic E-state index is -3.54. The van der Waals surface area contributed by atoms with E-state index in [0.29, 0.717) is 13.1 Å². The summed E-state index contributed by atoms with van der Waals surface area (Å²) in [6.07, 6.45) is 7.15. The molecule has 0 aromatic carbocycles. The van der Waals surface area contributed by atoms with Crippen LogP contribution in [0.4, 0.5) is 0 Å². The van der Waals surface area contributed by atoms with E-state index in [1.54, 1.807) is 11.4 Å². The normalized spacial score (nSPS) is 23.5. The van der Waals surface area contributed by atoms with E-state index in [2.05, 4.69) is 4.98 Å². The number of sulfonamides is 1. The van der Waals surface area contributed by atoms with E-state index in [4.69, 9.17) is 11.6 Å². The molecule has 0 N–H and O–H groups in total. The minimum absolute atomic E-state index is 0.00767. The molecular weight excluding hydrogens is 286 g/mol. The van der Waals surface area contributed by atoms with E-state index in [1.165, 1.54) is 23.7 Å². The lowest BCUT2D eigenvalue weighted by Gasteiger charge is -2.22. The van der Waals surface area contributed by atoms with Crippen molar-refractivity contribution < 1.29 is 8.42 Å². The Morgan fingerprint density at radius 2 is 2.00 bits per heavy atom. The highest BCUT2D eigenvalue weighted by Gasteiger charge is 2.45. The average molecular weight is 304 g/mol. The van der Waals surface area contributed by atoms with Gasteiger partial charge in [-0.3, -0.25) is 0 Å². The zero-order valence-corrected chi connectivity index (χ0v) is 12.5. The molecule has 1 aromatic heterocycles. The first kappa shape index (κ1) is 13.4. The van der Waals surface area contributed by atoms with E-state index in [-0.39, 0.29) is 15.6 Å². The zero-order valence-electron chi connectivity index (χ0n) is 11.0. The monoisotopic (exact) mass is 303 g/mol. The molecule has 106 valence electrons. The third-order valence-electron chi connectivity index (χ3n) is 4.49. The summed E-state index contributed by atoms with van der Waals surface area (Å²) in [4.78, 5) is 3.95. The van der Waals surface area contributed by atoms with Gasteiger partial charge in [0.25, 0.3) is 10.0 Å². The number of aromatic nitrogens is 2. The Labute approximate surface area is 118 Å². The number of hydrogen-bond donors (Lipinski definition) is 0. The van der Waals surface area contributed by atoms with E-state index in [0.717, 1.165) is 19.3 Å². The maximum atomic E-state index is 12.6. The summed E-state index contributed by atoms with van der Waals surface area (Å²) in [7, 11) is -1.85. The first-order valence-corrected chi connectivity index (χ1v) is 8.43. The molecule has 0 atom stereocenters. The summed E-state index contributed by atoms with van der Waals surface area (Å²) in [5.41, 5.74) is 0.217. The van der Waals surface area contributed by atoms with Crippen LogP contribution in [0.15, 0.2) is 11.4 Å². The lowest BCUT2D eigenvalue weighted by atomic mass is 9.86. The van der Waals surface area contributed by atoms with Gasteiger partial charge in [0, 0.05) is 20.1 Å². The Balaban J connectivity index is 1.88. The summed E-state index contributed by atoms with van der Waals surface area (Å²) in [6, 6.07) is 0. The molecule has 0 bridgehead atoms. The number of halogens is 1. The molecule has 0 amide bonds. The van der Waals surface area contributed by atoms with E-state index in [1.807, 2.05) is 0 Å². The zero-order chi connectivity index (χ0) is 13.7. The van der Waals surface area contributed by atoms with Gasteiger partial charge >= 0.3 is 0 Å². The van der Waals surface area contributed by atoms with Crippen LogP contribution in [0.25, 0.3) is 0 Å². The number of rotatable bonds is 2. The van der Waals surface area contributed by atoms with Gasteiger partial charge in [-0.2, -0.15) is 4.31 Å². The molecule has 1 saturated heterocycles. The van der Waals surface area contributed by atoms with Crippen LogP contribution >= 0.6 is 11.6 Å². The second-order valence-corrected chi connectivity index (χ2v) is 7.96. The third kappa shape index (κ3) is 2.10. The van der Waals surface area contributed by atoms with Crippen LogP contribution in [0.1, 0.15) is 32.1 Å². The molecule has 2 heterocycles. The second-order valence-electron chi connectivity index (χ2n) is 5.75. The van der Waals surface area contributed by atoms with Gasteiger partial charge in [0.1, 0.15) is 5.15 Å². The number of imidazole rings is 1. The highest BCUT2D eigenvalue weighted by molar-refractivity contribution is 7.89. The highest BCUT2D eigenvalue weighted by Crippen LogP contribution is 2.46. The van der Waals surface area contributed by atoms with Crippen LogP contribution in [0.5, 0.6) is 0 Å². The van der Waals surface area contributed by atoms with Gasteiger partial charge in [-0.15, -0.1) is 0 Å². The van der Waals surface area contributed by atoms with Crippen LogP contribution in [0.3, 0.4) is 0 Å². The average Bonchev–Trinajstić information content (AvgIpc) is 3.06. The molecule has 7 heteroatoms. The summed E-state index contributed by atoms with van der Waals surface area (Å²) < 4.78 is 28.2. The Bertz CT molecular complexity index is 590. The van der Waals surface area contributed by atoms with Crippen molar-refractivity contribution in [2.75, 3.05) is 13.1 Å². The van der Waals surface area contributed by atoms with Gasteiger partial charge in [-0.1, -0.05) is 24.4 Å². The lowest BCUT2D eigenvalue weighted by molar-refractivity contribution is 0.313. The van der Waals surface area contributed by atoms with Crippen molar-refractivity contribution in [3.8, 4) is 0 Å². The molecule has 1 spiro atoms. The van der Waals surface area contributed by atoms with E-state index in [9.17, 15) is 8.42 Å². The predicted octanol–water partition coefficient (Wildman–Crippen LogP) is 2.03. The standard InChI is InChI=1S/C12H18ClN3O2S/c1-15-9-14-11(10(15)13)19(17,18)16-7-6-12(8-16)4-2-3-5-12/h9H,2-8H2,1H3. The van der Waals surface area contributed by atoms with Crippen LogP contribution in [0, 0.1) is 5.41 Å². The highest BCUT2D eigenvalue weighted by atomic mass is 35.5. The van der Waals surface area contributed by atoms with Crippen molar-refractivity contribution in [1.29, 1.82) is 0 Å². The first-order chi connectivity index (χ1) is 8.95. The van der Waals surface area contributed by atoms with Crippen molar-refractivity contribution in [2.24, 2.45) is 12.5 Å². The molecule has 3 rings (SSSR count). The summed E-state index contributed by atoms with van der Waals surface area (Å²) in [5, 5.41) is 0.180. The fourth-order valence-corrected chi connectivity index (χ4v) is 5.26. The maximum Gasteiger partial charge on any atom is 0.263 e. The molecule has 2 aliphatic rings. The van der Waals surface area contributed by atoms with Crippen molar-refractivity contribution in [2.45, 2.75) is 37.1 Å². The minimum Gasteiger partial charge on any atom is -0.324 e. The molecule has 0 unspecified atom stereocenters. The topological polar surface area (TPSA) is 55.2 Å². The second kappa shape index (κ2) is 4.46. The third-order valence-corrected chi connectivity index (χ3v) is 6.82. The fourth-order valence-electron chi connectivity index (χ4n) is 3.32. The van der Waals surface area contributed by atoms with Crippen molar-refractivity contribution in [3.05, 3.63) is 11.5 Å². The molecule has 5 nitrogen and oxygen atoms in total. The SMILES string of the molecule is Cn1cnc(S(=O)(=O)N2CCC3(CCCC3)C2)c1Cl. The van der Waals surface area contributed by atoms with Crippen molar-refractivity contribution in [1.82, 2.24) is 13.9 Å².